The van der Waals surface area contributed by atoms with Crippen LogP contribution in [0.3, 0.4) is 0 Å². The largest absolute Gasteiger partial charge is 0.396 e. The summed E-state index contributed by atoms with van der Waals surface area (Å²) in [7, 11) is 0. The molecule has 0 spiro atoms. The Bertz CT molecular complexity index is 529. The molecule has 1 fully saturated rings. The van der Waals surface area contributed by atoms with Gasteiger partial charge in [-0.2, -0.15) is 0 Å². The summed E-state index contributed by atoms with van der Waals surface area (Å²) in [6.45, 7) is 0. The first kappa shape index (κ1) is 9.39. The third kappa shape index (κ3) is 1.46. The fourth-order valence-electron chi connectivity index (χ4n) is 1.88. The molecule has 0 saturated heterocycles. The molecule has 3 rings (SSSR count). The molecule has 0 bridgehead atoms. The van der Waals surface area contributed by atoms with E-state index in [0.29, 0.717) is 5.92 Å². The van der Waals surface area contributed by atoms with Gasteiger partial charge >= 0.3 is 0 Å². The van der Waals surface area contributed by atoms with Crippen molar-refractivity contribution in [3.8, 4) is 5.69 Å². The highest BCUT2D eigenvalue weighted by atomic mass is 19.1. The van der Waals surface area contributed by atoms with Crippen LogP contribution in [0.4, 0.5) is 10.1 Å². The van der Waals surface area contributed by atoms with Crippen molar-refractivity contribution >= 4 is 5.69 Å². The minimum Gasteiger partial charge on any atom is -0.396 e. The van der Waals surface area contributed by atoms with Gasteiger partial charge < -0.3 is 10.3 Å². The van der Waals surface area contributed by atoms with Gasteiger partial charge in [0.05, 0.1) is 12.0 Å². The second-order valence-electron chi connectivity index (χ2n) is 4.17. The Labute approximate surface area is 92.7 Å². The van der Waals surface area contributed by atoms with Gasteiger partial charge in [0.1, 0.15) is 5.82 Å². The van der Waals surface area contributed by atoms with Crippen LogP contribution in [0, 0.1) is 5.82 Å². The summed E-state index contributed by atoms with van der Waals surface area (Å²) in [5.74, 6) is 0.227. The van der Waals surface area contributed by atoms with Crippen LogP contribution in [0.1, 0.15) is 24.5 Å². The van der Waals surface area contributed by atoms with Crippen LogP contribution in [-0.2, 0) is 0 Å². The van der Waals surface area contributed by atoms with Crippen LogP contribution in [0.2, 0.25) is 0 Å². The average Bonchev–Trinajstić information content (AvgIpc) is 3.01. The van der Waals surface area contributed by atoms with Crippen molar-refractivity contribution in [2.45, 2.75) is 18.8 Å². The van der Waals surface area contributed by atoms with E-state index in [0.717, 1.165) is 5.69 Å². The second kappa shape index (κ2) is 3.33. The van der Waals surface area contributed by atoms with Crippen molar-refractivity contribution in [3.05, 3.63) is 42.2 Å². The van der Waals surface area contributed by atoms with Gasteiger partial charge in [0.2, 0.25) is 0 Å². The summed E-state index contributed by atoms with van der Waals surface area (Å²) >= 11 is 0. The molecule has 0 aliphatic heterocycles. The molecule has 82 valence electrons. The maximum atomic E-state index is 13.1. The molecule has 1 aliphatic carbocycles. The minimum atomic E-state index is -0.378. The van der Waals surface area contributed by atoms with E-state index < -0.39 is 0 Å². The predicted octanol–water partition coefficient (Wildman–Crippen LogP) is 2.47. The number of nitrogens with zero attached hydrogens (tertiary/aromatic N) is 2. The lowest BCUT2D eigenvalue weighted by Crippen LogP contribution is -1.99. The van der Waals surface area contributed by atoms with Crippen LogP contribution < -0.4 is 5.73 Å². The SMILES string of the molecule is Nc1cc(-n2cncc2C2CC2)ccc1F. The molecule has 1 aromatic heterocycles. The summed E-state index contributed by atoms with van der Waals surface area (Å²) in [5.41, 5.74) is 7.79. The van der Waals surface area contributed by atoms with E-state index in [9.17, 15) is 4.39 Å². The topological polar surface area (TPSA) is 43.8 Å². The highest BCUT2D eigenvalue weighted by Crippen LogP contribution is 2.40. The average molecular weight is 217 g/mol. The van der Waals surface area contributed by atoms with Crippen molar-refractivity contribution in [3.63, 3.8) is 0 Å². The molecule has 1 heterocycles. The molecule has 0 atom stereocenters. The summed E-state index contributed by atoms with van der Waals surface area (Å²) in [5, 5.41) is 0. The summed E-state index contributed by atoms with van der Waals surface area (Å²) in [6, 6.07) is 4.75. The smallest absolute Gasteiger partial charge is 0.146 e. The third-order valence-electron chi connectivity index (χ3n) is 2.92. The van der Waals surface area contributed by atoms with Gasteiger partial charge in [-0.05, 0) is 31.0 Å². The number of rotatable bonds is 2. The molecule has 1 aliphatic rings. The first-order valence-electron chi connectivity index (χ1n) is 5.33. The number of aromatic nitrogens is 2. The molecule has 1 saturated carbocycles. The van der Waals surface area contributed by atoms with E-state index in [4.69, 9.17) is 5.73 Å². The lowest BCUT2D eigenvalue weighted by Gasteiger charge is -2.08. The van der Waals surface area contributed by atoms with Crippen molar-refractivity contribution in [1.29, 1.82) is 0 Å². The van der Waals surface area contributed by atoms with Gasteiger partial charge in [0.25, 0.3) is 0 Å². The normalized spacial score (nSPS) is 15.3. The Hall–Kier alpha value is -1.84. The van der Waals surface area contributed by atoms with Gasteiger partial charge in [-0.25, -0.2) is 9.37 Å². The molecule has 2 N–H and O–H groups in total. The van der Waals surface area contributed by atoms with Crippen molar-refractivity contribution in [2.75, 3.05) is 5.73 Å². The van der Waals surface area contributed by atoms with Crippen molar-refractivity contribution in [1.82, 2.24) is 9.55 Å². The van der Waals surface area contributed by atoms with E-state index >= 15 is 0 Å². The fourth-order valence-corrected chi connectivity index (χ4v) is 1.88. The van der Waals surface area contributed by atoms with Crippen LogP contribution in [0.5, 0.6) is 0 Å². The monoisotopic (exact) mass is 217 g/mol. The van der Waals surface area contributed by atoms with Crippen LogP contribution in [0.25, 0.3) is 5.69 Å². The Kier molecular flexibility index (Phi) is 1.96. The standard InChI is InChI=1S/C12H12FN3/c13-10-4-3-9(5-11(10)14)16-7-15-6-12(16)8-1-2-8/h3-8H,1-2,14H2. The van der Waals surface area contributed by atoms with Crippen LogP contribution in [0.15, 0.2) is 30.7 Å². The quantitative estimate of drug-likeness (QED) is 0.785. The van der Waals surface area contributed by atoms with Gasteiger partial charge in [0.15, 0.2) is 0 Å². The number of nitrogen functional groups attached to an aromatic ring is 1. The van der Waals surface area contributed by atoms with Gasteiger partial charge in [0, 0.05) is 23.5 Å². The molecule has 4 heteroatoms. The van der Waals surface area contributed by atoms with E-state index in [1.54, 1.807) is 18.5 Å². The Morgan fingerprint density at radius 3 is 2.88 bits per heavy atom. The highest BCUT2D eigenvalue weighted by Gasteiger charge is 2.27. The van der Waals surface area contributed by atoms with Crippen LogP contribution in [-0.4, -0.2) is 9.55 Å². The second-order valence-corrected chi connectivity index (χ2v) is 4.17. The Balaban J connectivity index is 2.07. The molecule has 3 nitrogen and oxygen atoms in total. The first-order chi connectivity index (χ1) is 7.75. The summed E-state index contributed by atoms with van der Waals surface area (Å²) in [4.78, 5) is 4.14. The number of halogens is 1. The number of hydrogen-bond acceptors (Lipinski definition) is 2. The lowest BCUT2D eigenvalue weighted by atomic mass is 10.2. The molecule has 1 aromatic carbocycles. The van der Waals surface area contributed by atoms with E-state index in [-0.39, 0.29) is 11.5 Å². The molecular weight excluding hydrogens is 205 g/mol. The number of benzene rings is 1. The predicted molar refractivity (Wildman–Crippen MR) is 59.9 cm³/mol. The van der Waals surface area contributed by atoms with Gasteiger partial charge in [-0.3, -0.25) is 0 Å². The first-order valence-corrected chi connectivity index (χ1v) is 5.33. The lowest BCUT2D eigenvalue weighted by molar-refractivity contribution is 0.632. The van der Waals surface area contributed by atoms with Crippen molar-refractivity contribution < 1.29 is 4.39 Å². The van der Waals surface area contributed by atoms with E-state index in [1.165, 1.54) is 24.6 Å². The number of imidazole rings is 1. The molecule has 2 aromatic rings. The fraction of sp³-hybridized carbons (Fsp3) is 0.250. The Morgan fingerprint density at radius 1 is 1.38 bits per heavy atom. The van der Waals surface area contributed by atoms with Gasteiger partial charge in [-0.1, -0.05) is 0 Å². The molecule has 16 heavy (non-hydrogen) atoms. The Morgan fingerprint density at radius 2 is 2.19 bits per heavy atom. The maximum absolute atomic E-state index is 13.1. The van der Waals surface area contributed by atoms with Crippen molar-refractivity contribution in [2.24, 2.45) is 0 Å². The minimum absolute atomic E-state index is 0.174. The van der Waals surface area contributed by atoms with E-state index in [2.05, 4.69) is 4.98 Å². The molecule has 0 unspecified atom stereocenters. The highest BCUT2D eigenvalue weighted by molar-refractivity contribution is 5.49. The zero-order valence-electron chi connectivity index (χ0n) is 8.73. The zero-order chi connectivity index (χ0) is 11.1. The third-order valence-corrected chi connectivity index (χ3v) is 2.92. The number of anilines is 1. The van der Waals surface area contributed by atoms with Crippen LogP contribution >= 0.6 is 0 Å². The molecular formula is C12H12FN3. The molecule has 0 amide bonds. The van der Waals surface area contributed by atoms with E-state index in [1.807, 2.05) is 10.8 Å². The summed E-state index contributed by atoms with van der Waals surface area (Å²) in [6.07, 6.45) is 6.04. The maximum Gasteiger partial charge on any atom is 0.146 e. The number of hydrogen-bond donors (Lipinski definition) is 1. The number of nitrogens with two attached hydrogens (primary N) is 1. The zero-order valence-corrected chi connectivity index (χ0v) is 8.73. The van der Waals surface area contributed by atoms with Gasteiger partial charge in [-0.15, -0.1) is 0 Å². The summed E-state index contributed by atoms with van der Waals surface area (Å²) < 4.78 is 15.0. The molecule has 0 radical (unpaired) electrons.